The summed E-state index contributed by atoms with van der Waals surface area (Å²) in [5.41, 5.74) is 1.34. The van der Waals surface area contributed by atoms with Crippen LogP contribution < -0.4 is 10.0 Å². The van der Waals surface area contributed by atoms with Gasteiger partial charge in [0.05, 0.1) is 16.8 Å². The maximum Gasteiger partial charge on any atom is 0.264 e. The summed E-state index contributed by atoms with van der Waals surface area (Å²) < 4.78 is 25.9. The van der Waals surface area contributed by atoms with Crippen molar-refractivity contribution < 1.29 is 18.0 Å². The lowest BCUT2D eigenvalue weighted by Gasteiger charge is -2.11. The van der Waals surface area contributed by atoms with Crippen LogP contribution in [0.5, 0.6) is 0 Å². The van der Waals surface area contributed by atoms with Crippen molar-refractivity contribution in [2.24, 2.45) is 0 Å². The van der Waals surface area contributed by atoms with Gasteiger partial charge in [-0.05, 0) is 30.7 Å². The Balaban J connectivity index is 2.91. The third-order valence-corrected chi connectivity index (χ3v) is 4.70. The van der Waals surface area contributed by atoms with Gasteiger partial charge >= 0.3 is 0 Å². The molecule has 0 aliphatic carbocycles. The summed E-state index contributed by atoms with van der Waals surface area (Å²) in [6.45, 7) is 3.45. The Hall–Kier alpha value is -1.41. The molecule has 0 aliphatic heterocycles. The molecule has 0 aliphatic rings. The van der Waals surface area contributed by atoms with Gasteiger partial charge in [-0.2, -0.15) is 0 Å². The summed E-state index contributed by atoms with van der Waals surface area (Å²) in [6.07, 6.45) is 0.0898. The Morgan fingerprint density at radius 1 is 1.29 bits per heavy atom. The summed E-state index contributed by atoms with van der Waals surface area (Å²) in [5, 5.41) is 3.19. The molecule has 2 N–H and O–H groups in total. The first-order valence-corrected chi connectivity index (χ1v) is 8.88. The molecule has 0 saturated carbocycles. The van der Waals surface area contributed by atoms with E-state index in [9.17, 15) is 18.0 Å². The number of amides is 1. The van der Waals surface area contributed by atoms with Gasteiger partial charge in [-0.15, -0.1) is 0 Å². The molecule has 1 aromatic carbocycles. The number of ketones is 1. The fraction of sp³-hybridized carbons (Fsp3) is 0.385. The Morgan fingerprint density at radius 2 is 1.95 bits per heavy atom. The molecule has 1 aromatic rings. The summed E-state index contributed by atoms with van der Waals surface area (Å²) in [6, 6.07) is 4.41. The standard InChI is InChI=1S/C13H17BrN2O4S/c1-3-13(18)16-21(19,20)11-4-5-12(9(2)6-11)15-8-10(17)7-14/h4-6,15H,3,7-8H2,1-2H3,(H,16,18). The highest BCUT2D eigenvalue weighted by Gasteiger charge is 2.17. The zero-order valence-corrected chi connectivity index (χ0v) is 14.2. The van der Waals surface area contributed by atoms with E-state index in [0.717, 1.165) is 0 Å². The summed E-state index contributed by atoms with van der Waals surface area (Å²) >= 11 is 3.07. The van der Waals surface area contributed by atoms with Crippen molar-refractivity contribution in [3.63, 3.8) is 0 Å². The second-order valence-corrected chi connectivity index (χ2v) is 6.63. The van der Waals surface area contributed by atoms with E-state index in [0.29, 0.717) is 11.3 Å². The van der Waals surface area contributed by atoms with Gasteiger partial charge in [-0.1, -0.05) is 22.9 Å². The molecule has 0 atom stereocenters. The van der Waals surface area contributed by atoms with E-state index in [4.69, 9.17) is 0 Å². The number of hydrogen-bond donors (Lipinski definition) is 2. The van der Waals surface area contributed by atoms with Crippen LogP contribution in [0, 0.1) is 6.92 Å². The normalized spacial score (nSPS) is 11.0. The van der Waals surface area contributed by atoms with Crippen molar-refractivity contribution in [3.8, 4) is 0 Å². The van der Waals surface area contributed by atoms with Crippen LogP contribution in [0.2, 0.25) is 0 Å². The van der Waals surface area contributed by atoms with Crippen molar-refractivity contribution in [3.05, 3.63) is 23.8 Å². The number of anilines is 1. The van der Waals surface area contributed by atoms with Gasteiger partial charge < -0.3 is 5.32 Å². The van der Waals surface area contributed by atoms with E-state index in [-0.39, 0.29) is 29.0 Å². The molecule has 0 spiro atoms. The van der Waals surface area contributed by atoms with Gasteiger partial charge in [0.1, 0.15) is 0 Å². The van der Waals surface area contributed by atoms with E-state index >= 15 is 0 Å². The van der Waals surface area contributed by atoms with Crippen LogP contribution in [-0.4, -0.2) is 32.0 Å². The highest BCUT2D eigenvalue weighted by Crippen LogP contribution is 2.19. The zero-order chi connectivity index (χ0) is 16.0. The zero-order valence-electron chi connectivity index (χ0n) is 11.8. The van der Waals surface area contributed by atoms with E-state index in [1.807, 2.05) is 4.72 Å². The lowest BCUT2D eigenvalue weighted by atomic mass is 10.2. The molecule has 116 valence electrons. The lowest BCUT2D eigenvalue weighted by Crippen LogP contribution is -2.29. The van der Waals surface area contributed by atoms with Crippen molar-refractivity contribution in [1.82, 2.24) is 4.72 Å². The Labute approximate surface area is 132 Å². The number of carbonyl (C=O) groups excluding carboxylic acids is 2. The summed E-state index contributed by atoms with van der Waals surface area (Å²) in [4.78, 5) is 22.5. The number of carbonyl (C=O) groups is 2. The summed E-state index contributed by atoms with van der Waals surface area (Å²) in [5.74, 6) is -0.570. The number of nitrogens with one attached hydrogen (secondary N) is 2. The van der Waals surface area contributed by atoms with Gasteiger partial charge in [-0.3, -0.25) is 9.59 Å². The quantitative estimate of drug-likeness (QED) is 0.704. The first kappa shape index (κ1) is 17.6. The molecule has 0 aromatic heterocycles. The highest BCUT2D eigenvalue weighted by atomic mass is 79.9. The van der Waals surface area contributed by atoms with E-state index < -0.39 is 15.9 Å². The fourth-order valence-corrected chi connectivity index (χ4v) is 2.86. The Morgan fingerprint density at radius 3 is 2.48 bits per heavy atom. The molecular weight excluding hydrogens is 360 g/mol. The Bertz CT molecular complexity index is 644. The number of hydrogen-bond acceptors (Lipinski definition) is 5. The Kier molecular flexibility index (Phi) is 6.35. The molecule has 1 amide bonds. The minimum absolute atomic E-state index is 0.0127. The van der Waals surface area contributed by atoms with Gasteiger partial charge in [0.2, 0.25) is 5.91 Å². The van der Waals surface area contributed by atoms with Gasteiger partial charge in [0.25, 0.3) is 10.0 Å². The van der Waals surface area contributed by atoms with Gasteiger partial charge in [0.15, 0.2) is 5.78 Å². The first-order chi connectivity index (χ1) is 9.80. The van der Waals surface area contributed by atoms with Crippen LogP contribution in [0.25, 0.3) is 0 Å². The van der Waals surface area contributed by atoms with Crippen LogP contribution in [0.1, 0.15) is 18.9 Å². The number of sulfonamides is 1. The molecule has 21 heavy (non-hydrogen) atoms. The van der Waals surface area contributed by atoms with Crippen molar-refractivity contribution in [1.29, 1.82) is 0 Å². The molecule has 0 unspecified atom stereocenters. The molecule has 6 nitrogen and oxygen atoms in total. The maximum absolute atomic E-state index is 12.0. The predicted molar refractivity (Wildman–Crippen MR) is 84.1 cm³/mol. The first-order valence-electron chi connectivity index (χ1n) is 6.28. The molecule has 0 fully saturated rings. The van der Waals surface area contributed by atoms with Crippen LogP contribution in [0.15, 0.2) is 23.1 Å². The molecule has 0 heterocycles. The number of benzene rings is 1. The van der Waals surface area contributed by atoms with Crippen molar-refractivity contribution >= 4 is 43.3 Å². The minimum Gasteiger partial charge on any atom is -0.378 e. The van der Waals surface area contributed by atoms with Gasteiger partial charge in [-0.25, -0.2) is 13.1 Å². The largest absolute Gasteiger partial charge is 0.378 e. The smallest absolute Gasteiger partial charge is 0.264 e. The van der Waals surface area contributed by atoms with Gasteiger partial charge in [0, 0.05) is 12.1 Å². The number of rotatable bonds is 7. The molecule has 0 saturated heterocycles. The van der Waals surface area contributed by atoms with Crippen molar-refractivity contribution in [2.45, 2.75) is 25.2 Å². The number of alkyl halides is 1. The number of Topliss-reactive ketones (excluding diaryl/α,β-unsaturated/α-hetero) is 1. The predicted octanol–water partition coefficient (Wildman–Crippen LogP) is 1.59. The molecule has 1 rings (SSSR count). The monoisotopic (exact) mass is 376 g/mol. The third kappa shape index (κ3) is 5.13. The van der Waals surface area contributed by atoms with E-state index in [2.05, 4.69) is 21.2 Å². The average Bonchev–Trinajstić information content (AvgIpc) is 2.44. The number of aryl methyl sites for hydroxylation is 1. The fourth-order valence-electron chi connectivity index (χ4n) is 1.52. The molecule has 8 heteroatoms. The van der Waals surface area contributed by atoms with Crippen LogP contribution in [0.4, 0.5) is 5.69 Å². The topological polar surface area (TPSA) is 92.3 Å². The third-order valence-electron chi connectivity index (χ3n) is 2.70. The van der Waals surface area contributed by atoms with Crippen LogP contribution in [-0.2, 0) is 19.6 Å². The van der Waals surface area contributed by atoms with E-state index in [1.165, 1.54) is 12.1 Å². The van der Waals surface area contributed by atoms with Crippen molar-refractivity contribution in [2.75, 3.05) is 17.2 Å². The molecule has 0 radical (unpaired) electrons. The summed E-state index contributed by atoms with van der Waals surface area (Å²) in [7, 11) is -3.85. The van der Waals surface area contributed by atoms with Crippen LogP contribution in [0.3, 0.4) is 0 Å². The average molecular weight is 377 g/mol. The SMILES string of the molecule is CCC(=O)NS(=O)(=O)c1ccc(NCC(=O)CBr)c(C)c1. The highest BCUT2D eigenvalue weighted by molar-refractivity contribution is 9.09. The second-order valence-electron chi connectivity index (χ2n) is 4.38. The van der Waals surface area contributed by atoms with Crippen LogP contribution >= 0.6 is 15.9 Å². The van der Waals surface area contributed by atoms with E-state index in [1.54, 1.807) is 19.9 Å². The molecule has 0 bridgehead atoms. The second kappa shape index (κ2) is 7.56. The minimum atomic E-state index is -3.85. The molecular formula is C13H17BrN2O4S. The number of halogens is 1. The lowest BCUT2D eigenvalue weighted by molar-refractivity contribution is -0.119. The maximum atomic E-state index is 12.0.